The van der Waals surface area contributed by atoms with Crippen molar-refractivity contribution in [3.05, 3.63) is 47.3 Å². The zero-order chi connectivity index (χ0) is 21.2. The molecule has 2 aromatic carbocycles. The number of hydrogen-bond acceptors (Lipinski definition) is 7. The van der Waals surface area contributed by atoms with E-state index in [-0.39, 0.29) is 17.2 Å². The molecule has 0 fully saturated rings. The predicted octanol–water partition coefficient (Wildman–Crippen LogP) is 4.78. The number of rotatable bonds is 5. The number of carbonyl (C=O) groups is 2. The van der Waals surface area contributed by atoms with Crippen molar-refractivity contribution in [1.82, 2.24) is 0 Å². The highest BCUT2D eigenvalue weighted by Gasteiger charge is 2.23. The van der Waals surface area contributed by atoms with Gasteiger partial charge in [-0.1, -0.05) is 18.2 Å². The zero-order valence-corrected chi connectivity index (χ0v) is 17.5. The second-order valence-corrected chi connectivity index (χ2v) is 8.44. The summed E-state index contributed by atoms with van der Waals surface area (Å²) >= 11 is 1.22. The van der Waals surface area contributed by atoms with Crippen LogP contribution in [0.5, 0.6) is 11.5 Å². The van der Waals surface area contributed by atoms with E-state index in [1.54, 1.807) is 39.0 Å². The van der Waals surface area contributed by atoms with E-state index in [4.69, 9.17) is 14.2 Å². The summed E-state index contributed by atoms with van der Waals surface area (Å²) < 4.78 is 16.6. The first-order chi connectivity index (χ1) is 13.7. The maximum Gasteiger partial charge on any atom is 0.351 e. The molecule has 3 aromatic rings. The minimum atomic E-state index is -0.627. The summed E-state index contributed by atoms with van der Waals surface area (Å²) in [5.74, 6) is -0.594. The Morgan fingerprint density at radius 3 is 2.45 bits per heavy atom. The molecule has 0 spiro atoms. The molecule has 0 atom stereocenters. The van der Waals surface area contributed by atoms with Crippen LogP contribution in [0.2, 0.25) is 0 Å². The number of methoxy groups -OCH3 is 1. The number of phenolic OH excluding ortho intramolecular Hbond substituents is 1. The van der Waals surface area contributed by atoms with Crippen molar-refractivity contribution in [3.8, 4) is 22.6 Å². The predicted molar refractivity (Wildman–Crippen MR) is 112 cm³/mol. The average Bonchev–Trinajstić information content (AvgIpc) is 3.02. The monoisotopic (exact) mass is 414 g/mol. The van der Waals surface area contributed by atoms with Crippen LogP contribution >= 0.6 is 11.3 Å². The molecule has 1 N–H and O–H groups in total. The Bertz CT molecular complexity index is 1060. The lowest BCUT2D eigenvalue weighted by atomic mass is 10.0. The van der Waals surface area contributed by atoms with Crippen LogP contribution in [-0.2, 0) is 14.3 Å². The van der Waals surface area contributed by atoms with Crippen LogP contribution in [0.3, 0.4) is 0 Å². The Kier molecular flexibility index (Phi) is 5.79. The Morgan fingerprint density at radius 1 is 1.07 bits per heavy atom. The summed E-state index contributed by atoms with van der Waals surface area (Å²) in [6.07, 6.45) is 0. The van der Waals surface area contributed by atoms with Gasteiger partial charge in [0.15, 0.2) is 17.2 Å². The standard InChI is InChI=1S/C22H22O6S/c1-22(2,3)28-18(24)12-27-19-16-9-8-14(13-6-5-7-15(23)10-13)11-17(16)29-20(19)21(25)26-4/h5-11,23H,12H2,1-4H3. The molecular weight excluding hydrogens is 392 g/mol. The van der Waals surface area contributed by atoms with Gasteiger partial charge in [-0.3, -0.25) is 0 Å². The van der Waals surface area contributed by atoms with Crippen LogP contribution in [0.4, 0.5) is 0 Å². The highest BCUT2D eigenvalue weighted by Crippen LogP contribution is 2.40. The zero-order valence-electron chi connectivity index (χ0n) is 16.6. The summed E-state index contributed by atoms with van der Waals surface area (Å²) in [5, 5.41) is 10.4. The van der Waals surface area contributed by atoms with Crippen LogP contribution in [0.1, 0.15) is 30.4 Å². The van der Waals surface area contributed by atoms with Gasteiger partial charge in [0.2, 0.25) is 0 Å². The molecule has 0 saturated heterocycles. The lowest BCUT2D eigenvalue weighted by molar-refractivity contribution is -0.157. The third-order valence-electron chi connectivity index (χ3n) is 3.95. The van der Waals surface area contributed by atoms with Gasteiger partial charge in [-0.15, -0.1) is 11.3 Å². The van der Waals surface area contributed by atoms with Crippen molar-refractivity contribution >= 4 is 33.4 Å². The second kappa shape index (κ2) is 8.13. The Balaban J connectivity index is 1.97. The van der Waals surface area contributed by atoms with Crippen molar-refractivity contribution < 1.29 is 28.9 Å². The van der Waals surface area contributed by atoms with Crippen molar-refractivity contribution in [2.45, 2.75) is 26.4 Å². The third kappa shape index (κ3) is 4.86. The van der Waals surface area contributed by atoms with Gasteiger partial charge in [0.1, 0.15) is 11.4 Å². The molecule has 7 heteroatoms. The molecule has 29 heavy (non-hydrogen) atoms. The molecule has 1 aromatic heterocycles. The first-order valence-electron chi connectivity index (χ1n) is 8.97. The molecule has 0 radical (unpaired) electrons. The second-order valence-electron chi connectivity index (χ2n) is 7.39. The Labute approximate surface area is 172 Å². The van der Waals surface area contributed by atoms with E-state index >= 15 is 0 Å². The van der Waals surface area contributed by atoms with E-state index < -0.39 is 17.5 Å². The molecule has 0 aliphatic rings. The Morgan fingerprint density at radius 2 is 1.79 bits per heavy atom. The fourth-order valence-corrected chi connectivity index (χ4v) is 3.92. The van der Waals surface area contributed by atoms with E-state index in [2.05, 4.69) is 0 Å². The molecule has 6 nitrogen and oxygen atoms in total. The number of benzene rings is 2. The van der Waals surface area contributed by atoms with E-state index in [1.165, 1.54) is 18.4 Å². The molecule has 152 valence electrons. The van der Waals surface area contributed by atoms with Gasteiger partial charge >= 0.3 is 11.9 Å². The minimum Gasteiger partial charge on any atom is -0.508 e. The fourth-order valence-electron chi connectivity index (χ4n) is 2.81. The largest absolute Gasteiger partial charge is 0.508 e. The number of esters is 2. The molecule has 0 unspecified atom stereocenters. The molecule has 0 bridgehead atoms. The first kappa shape index (κ1) is 20.7. The maximum absolute atomic E-state index is 12.2. The van der Waals surface area contributed by atoms with Crippen molar-refractivity contribution in [2.24, 2.45) is 0 Å². The minimum absolute atomic E-state index is 0.172. The van der Waals surface area contributed by atoms with Gasteiger partial charge in [-0.25, -0.2) is 9.59 Å². The third-order valence-corrected chi connectivity index (χ3v) is 5.06. The number of thiophene rings is 1. The normalized spacial score (nSPS) is 11.3. The first-order valence-corrected chi connectivity index (χ1v) is 9.78. The van der Waals surface area contributed by atoms with Crippen LogP contribution < -0.4 is 4.74 Å². The quantitative estimate of drug-likeness (QED) is 0.605. The molecular formula is C22H22O6S. The van der Waals surface area contributed by atoms with Crippen LogP contribution in [0, 0.1) is 0 Å². The van der Waals surface area contributed by atoms with E-state index in [0.29, 0.717) is 11.1 Å². The van der Waals surface area contributed by atoms with E-state index in [9.17, 15) is 14.7 Å². The molecule has 3 rings (SSSR count). The van der Waals surface area contributed by atoms with Gasteiger partial charge < -0.3 is 19.3 Å². The average molecular weight is 414 g/mol. The van der Waals surface area contributed by atoms with Crippen molar-refractivity contribution in [1.29, 1.82) is 0 Å². The summed E-state index contributed by atoms with van der Waals surface area (Å²) in [5.41, 5.74) is 1.10. The van der Waals surface area contributed by atoms with Crippen molar-refractivity contribution in [2.75, 3.05) is 13.7 Å². The van der Waals surface area contributed by atoms with Gasteiger partial charge in [0, 0.05) is 10.1 Å². The number of hydrogen-bond donors (Lipinski definition) is 1. The smallest absolute Gasteiger partial charge is 0.351 e. The summed E-state index contributed by atoms with van der Waals surface area (Å²) in [6, 6.07) is 12.5. The summed E-state index contributed by atoms with van der Waals surface area (Å²) in [6.45, 7) is 5.00. The number of carbonyl (C=O) groups excluding carboxylic acids is 2. The van der Waals surface area contributed by atoms with Crippen molar-refractivity contribution in [3.63, 3.8) is 0 Å². The van der Waals surface area contributed by atoms with Crippen LogP contribution in [0.15, 0.2) is 42.5 Å². The van der Waals surface area contributed by atoms with E-state index in [0.717, 1.165) is 15.8 Å². The van der Waals surface area contributed by atoms with Gasteiger partial charge in [-0.05, 0) is 56.2 Å². The number of ether oxygens (including phenoxy) is 3. The molecule has 1 heterocycles. The maximum atomic E-state index is 12.2. The number of fused-ring (bicyclic) bond motifs is 1. The SMILES string of the molecule is COC(=O)c1sc2cc(-c3cccc(O)c3)ccc2c1OCC(=O)OC(C)(C)C. The van der Waals surface area contributed by atoms with E-state index in [1.807, 2.05) is 24.3 Å². The van der Waals surface area contributed by atoms with Crippen LogP contribution in [-0.4, -0.2) is 36.4 Å². The topological polar surface area (TPSA) is 82.1 Å². The fraction of sp³-hybridized carbons (Fsp3) is 0.273. The number of phenols is 1. The molecule has 0 saturated carbocycles. The summed E-state index contributed by atoms with van der Waals surface area (Å²) in [4.78, 5) is 24.5. The lowest BCUT2D eigenvalue weighted by Gasteiger charge is -2.19. The van der Waals surface area contributed by atoms with Gasteiger partial charge in [-0.2, -0.15) is 0 Å². The summed E-state index contributed by atoms with van der Waals surface area (Å²) in [7, 11) is 1.29. The number of aromatic hydroxyl groups is 1. The Hall–Kier alpha value is -3.06. The van der Waals surface area contributed by atoms with Gasteiger partial charge in [0.25, 0.3) is 0 Å². The molecule has 0 aliphatic carbocycles. The highest BCUT2D eigenvalue weighted by molar-refractivity contribution is 7.21. The highest BCUT2D eigenvalue weighted by atomic mass is 32.1. The molecule has 0 aliphatic heterocycles. The van der Waals surface area contributed by atoms with Crippen LogP contribution in [0.25, 0.3) is 21.2 Å². The molecule has 0 amide bonds. The van der Waals surface area contributed by atoms with Gasteiger partial charge in [0.05, 0.1) is 7.11 Å². The lowest BCUT2D eigenvalue weighted by Crippen LogP contribution is -2.27.